The number of anilines is 1. The summed E-state index contributed by atoms with van der Waals surface area (Å²) >= 11 is 0. The Balaban J connectivity index is 1.73. The zero-order valence-electron chi connectivity index (χ0n) is 20.0. The lowest BCUT2D eigenvalue weighted by molar-refractivity contribution is -0.143. The molecule has 0 radical (unpaired) electrons. The minimum atomic E-state index is -5.25. The van der Waals surface area contributed by atoms with Gasteiger partial charge in [0.05, 0.1) is 33.7 Å². The highest BCUT2D eigenvalue weighted by Gasteiger charge is 2.38. The van der Waals surface area contributed by atoms with E-state index in [1.54, 1.807) is 0 Å². The van der Waals surface area contributed by atoms with Crippen LogP contribution in [-0.2, 0) is 28.6 Å². The van der Waals surface area contributed by atoms with Crippen LogP contribution in [0, 0.1) is 5.92 Å². The van der Waals surface area contributed by atoms with Crippen molar-refractivity contribution >= 4 is 27.5 Å². The van der Waals surface area contributed by atoms with E-state index < -0.39 is 74.3 Å². The van der Waals surface area contributed by atoms with Crippen molar-refractivity contribution in [2.24, 2.45) is 11.7 Å². The fourth-order valence-corrected chi connectivity index (χ4v) is 5.59. The van der Waals surface area contributed by atoms with Crippen LogP contribution in [0.3, 0.4) is 0 Å². The number of nitrogens with two attached hydrogens (primary N) is 1. The summed E-state index contributed by atoms with van der Waals surface area (Å²) in [4.78, 5) is 25.5. The van der Waals surface area contributed by atoms with Crippen LogP contribution in [0.4, 0.5) is 45.2 Å². The van der Waals surface area contributed by atoms with Crippen LogP contribution in [0.1, 0.15) is 50.2 Å². The number of carbonyl (C=O) groups is 2. The van der Waals surface area contributed by atoms with E-state index in [9.17, 15) is 57.5 Å². The SMILES string of the molecule is NC(=O)c1ccc(C(F)(F)F)cc1N1CCC(CS(=O)(=O)NC(=O)c2cc(C(F)(F)F)cc(C(F)(F)F)c2)CC1. The topological polar surface area (TPSA) is 110 Å². The molecule has 2 aromatic carbocycles. The number of piperidine rings is 1. The molecule has 0 saturated carbocycles. The van der Waals surface area contributed by atoms with Gasteiger partial charge >= 0.3 is 18.5 Å². The molecule has 2 aromatic rings. The molecule has 40 heavy (non-hydrogen) atoms. The Morgan fingerprint density at radius 2 is 1.32 bits per heavy atom. The summed E-state index contributed by atoms with van der Waals surface area (Å²) in [6.45, 7) is -0.0312. The Morgan fingerprint density at radius 1 is 0.825 bits per heavy atom. The van der Waals surface area contributed by atoms with E-state index in [0.717, 1.165) is 12.1 Å². The van der Waals surface area contributed by atoms with Crippen molar-refractivity contribution in [1.29, 1.82) is 0 Å². The third kappa shape index (κ3) is 7.57. The maximum absolute atomic E-state index is 13.2. The van der Waals surface area contributed by atoms with Crippen molar-refractivity contribution in [3.8, 4) is 0 Å². The summed E-state index contributed by atoms with van der Waals surface area (Å²) in [5.74, 6) is -4.12. The largest absolute Gasteiger partial charge is 0.416 e. The lowest BCUT2D eigenvalue weighted by Crippen LogP contribution is -2.40. The average molecular weight is 605 g/mol. The fourth-order valence-electron chi connectivity index (χ4n) is 4.16. The molecule has 220 valence electrons. The Bertz CT molecular complexity index is 1360. The molecule has 0 bridgehead atoms. The van der Waals surface area contributed by atoms with Crippen molar-refractivity contribution in [1.82, 2.24) is 4.72 Å². The summed E-state index contributed by atoms with van der Waals surface area (Å²) in [6, 6.07) is 2.31. The van der Waals surface area contributed by atoms with Crippen LogP contribution < -0.4 is 15.4 Å². The highest BCUT2D eigenvalue weighted by molar-refractivity contribution is 7.90. The third-order valence-corrected chi connectivity index (χ3v) is 7.51. The number of carbonyl (C=O) groups excluding carboxylic acids is 2. The summed E-state index contributed by atoms with van der Waals surface area (Å²) in [6.07, 6.45) is -15.1. The van der Waals surface area contributed by atoms with Gasteiger partial charge in [-0.2, -0.15) is 39.5 Å². The average Bonchev–Trinajstić information content (AvgIpc) is 2.81. The second-order valence-electron chi connectivity index (χ2n) is 9.03. The first-order chi connectivity index (χ1) is 18.2. The van der Waals surface area contributed by atoms with Gasteiger partial charge in [-0.1, -0.05) is 0 Å². The smallest absolute Gasteiger partial charge is 0.371 e. The lowest BCUT2D eigenvalue weighted by atomic mass is 9.97. The molecule has 3 rings (SSSR count). The van der Waals surface area contributed by atoms with Crippen LogP contribution >= 0.6 is 0 Å². The second-order valence-corrected chi connectivity index (χ2v) is 10.8. The number of hydrogen-bond donors (Lipinski definition) is 2. The van der Waals surface area contributed by atoms with E-state index in [4.69, 9.17) is 5.73 Å². The van der Waals surface area contributed by atoms with Crippen molar-refractivity contribution in [2.75, 3.05) is 23.7 Å². The number of alkyl halides is 9. The van der Waals surface area contributed by atoms with Gasteiger partial charge in [0.15, 0.2) is 0 Å². The molecule has 0 unspecified atom stereocenters. The predicted octanol–water partition coefficient (Wildman–Crippen LogP) is 4.82. The van der Waals surface area contributed by atoms with E-state index in [0.29, 0.717) is 6.07 Å². The quantitative estimate of drug-likeness (QED) is 0.460. The number of primary amides is 1. The molecular formula is C23H20F9N3O4S. The third-order valence-electron chi connectivity index (χ3n) is 6.10. The molecule has 2 amide bonds. The molecular weight excluding hydrogens is 585 g/mol. The Kier molecular flexibility index (Phi) is 8.39. The minimum Gasteiger partial charge on any atom is -0.371 e. The van der Waals surface area contributed by atoms with Gasteiger partial charge in [0.1, 0.15) is 0 Å². The molecule has 0 aromatic heterocycles. The summed E-state index contributed by atoms with van der Waals surface area (Å²) in [5, 5.41) is 0. The van der Waals surface area contributed by atoms with E-state index in [1.165, 1.54) is 9.62 Å². The van der Waals surface area contributed by atoms with Gasteiger partial charge in [-0.25, -0.2) is 13.1 Å². The molecule has 0 spiro atoms. The molecule has 1 heterocycles. The molecule has 7 nitrogen and oxygen atoms in total. The summed E-state index contributed by atoms with van der Waals surface area (Å²) in [7, 11) is -4.56. The Labute approximate surface area is 221 Å². The molecule has 1 aliphatic heterocycles. The van der Waals surface area contributed by atoms with E-state index in [-0.39, 0.29) is 55.4 Å². The van der Waals surface area contributed by atoms with E-state index in [1.807, 2.05) is 0 Å². The Hall–Kier alpha value is -3.50. The zero-order valence-corrected chi connectivity index (χ0v) is 20.9. The van der Waals surface area contributed by atoms with E-state index in [2.05, 4.69) is 0 Å². The van der Waals surface area contributed by atoms with Crippen LogP contribution in [0.2, 0.25) is 0 Å². The maximum atomic E-state index is 13.2. The molecule has 1 saturated heterocycles. The number of halogens is 9. The highest BCUT2D eigenvalue weighted by atomic mass is 32.2. The number of nitrogens with zero attached hydrogens (tertiary/aromatic N) is 1. The molecule has 1 fully saturated rings. The lowest BCUT2D eigenvalue weighted by Gasteiger charge is -2.34. The number of hydrogen-bond acceptors (Lipinski definition) is 5. The second kappa shape index (κ2) is 10.8. The van der Waals surface area contributed by atoms with Gasteiger partial charge in [0.25, 0.3) is 11.8 Å². The first-order valence-corrected chi connectivity index (χ1v) is 12.9. The number of benzene rings is 2. The van der Waals surface area contributed by atoms with Gasteiger partial charge in [-0.05, 0) is 55.2 Å². The van der Waals surface area contributed by atoms with Gasteiger partial charge in [0.2, 0.25) is 10.0 Å². The zero-order chi connectivity index (χ0) is 30.3. The summed E-state index contributed by atoms with van der Waals surface area (Å²) in [5.41, 5.74) is -0.861. The highest BCUT2D eigenvalue weighted by Crippen LogP contribution is 2.37. The monoisotopic (exact) mass is 605 g/mol. The van der Waals surface area contributed by atoms with Crippen molar-refractivity contribution in [2.45, 2.75) is 31.4 Å². The summed E-state index contributed by atoms with van der Waals surface area (Å²) < 4.78 is 144. The standard InChI is InChI=1S/C23H20F9N3O4S/c24-21(25,26)14-1-2-17(19(33)36)18(10-14)35-5-3-12(4-6-35)11-40(38,39)34-20(37)13-7-15(22(27,28)29)9-16(8-13)23(30,31)32/h1-2,7-10,12H,3-6,11H2,(H2,33,36)(H,34,37). The molecule has 0 atom stereocenters. The molecule has 17 heteroatoms. The predicted molar refractivity (Wildman–Crippen MR) is 123 cm³/mol. The van der Waals surface area contributed by atoms with Crippen LogP contribution in [0.5, 0.6) is 0 Å². The van der Waals surface area contributed by atoms with Gasteiger partial charge in [0, 0.05) is 18.7 Å². The van der Waals surface area contributed by atoms with Gasteiger partial charge in [-0.15, -0.1) is 0 Å². The van der Waals surface area contributed by atoms with E-state index >= 15 is 0 Å². The molecule has 1 aliphatic rings. The minimum absolute atomic E-state index is 0.0156. The first kappa shape index (κ1) is 31.0. The normalized spacial score (nSPS) is 15.7. The number of nitrogens with one attached hydrogen (secondary N) is 1. The van der Waals surface area contributed by atoms with Gasteiger partial charge < -0.3 is 10.6 Å². The molecule has 0 aliphatic carbocycles. The van der Waals surface area contributed by atoms with Crippen LogP contribution in [0.15, 0.2) is 36.4 Å². The number of sulfonamides is 1. The van der Waals surface area contributed by atoms with Crippen molar-refractivity contribution < 1.29 is 57.5 Å². The maximum Gasteiger partial charge on any atom is 0.416 e. The Morgan fingerprint density at radius 3 is 1.77 bits per heavy atom. The first-order valence-electron chi connectivity index (χ1n) is 11.3. The van der Waals surface area contributed by atoms with Crippen molar-refractivity contribution in [3.05, 3.63) is 64.2 Å². The van der Waals surface area contributed by atoms with Crippen LogP contribution in [0.25, 0.3) is 0 Å². The number of rotatable bonds is 6. The molecule has 3 N–H and O–H groups in total. The van der Waals surface area contributed by atoms with Gasteiger partial charge in [-0.3, -0.25) is 9.59 Å². The van der Waals surface area contributed by atoms with Crippen molar-refractivity contribution in [3.63, 3.8) is 0 Å². The number of amides is 2. The fraction of sp³-hybridized carbons (Fsp3) is 0.391. The van der Waals surface area contributed by atoms with Crippen LogP contribution in [-0.4, -0.2) is 39.1 Å².